The van der Waals surface area contributed by atoms with Crippen molar-refractivity contribution < 1.29 is 9.59 Å². The van der Waals surface area contributed by atoms with Gasteiger partial charge in [0, 0.05) is 5.56 Å². The standard InChI is InChI=1S/C20H20O2/c1-14(21)12-20(22)19-13-17-7-6-15-2-4-16(5-3-15)8-10-18(19)11-9-17/h2-5,9,11,13H,6-8,10,12H2,1H3. The number of Topliss-reactive ketones (excluding diaryl/α,β-unsaturated/α-hetero) is 2. The minimum Gasteiger partial charge on any atom is -0.300 e. The average Bonchev–Trinajstić information content (AvgIpc) is 2.49. The van der Waals surface area contributed by atoms with Gasteiger partial charge in [0.05, 0.1) is 6.42 Å². The Kier molecular flexibility index (Phi) is 4.19. The predicted octanol–water partition coefficient (Wildman–Crippen LogP) is 3.73. The number of carbonyl (C=O) groups excluding carboxylic acids is 2. The molecule has 0 saturated carbocycles. The molecule has 4 aliphatic rings. The smallest absolute Gasteiger partial charge is 0.170 e. The fourth-order valence-corrected chi connectivity index (χ4v) is 3.02. The lowest BCUT2D eigenvalue weighted by Crippen LogP contribution is -2.10. The minimum atomic E-state index is -0.0719. The molecule has 2 nitrogen and oxygen atoms in total. The lowest BCUT2D eigenvalue weighted by molar-refractivity contribution is -0.116. The van der Waals surface area contributed by atoms with E-state index in [4.69, 9.17) is 0 Å². The molecule has 0 heterocycles. The minimum absolute atomic E-state index is 0.00417. The summed E-state index contributed by atoms with van der Waals surface area (Å²) in [5, 5.41) is 0. The fraction of sp³-hybridized carbons (Fsp3) is 0.300. The van der Waals surface area contributed by atoms with Gasteiger partial charge in [-0.2, -0.15) is 0 Å². The van der Waals surface area contributed by atoms with E-state index < -0.39 is 0 Å². The summed E-state index contributed by atoms with van der Waals surface area (Å²) < 4.78 is 0. The lowest BCUT2D eigenvalue weighted by atomic mass is 9.91. The highest BCUT2D eigenvalue weighted by atomic mass is 16.1. The van der Waals surface area contributed by atoms with Gasteiger partial charge in [-0.15, -0.1) is 0 Å². The summed E-state index contributed by atoms with van der Waals surface area (Å²) in [5.41, 5.74) is 5.58. The number of hydrogen-bond acceptors (Lipinski definition) is 2. The van der Waals surface area contributed by atoms with Gasteiger partial charge >= 0.3 is 0 Å². The third-order valence-corrected chi connectivity index (χ3v) is 4.29. The van der Waals surface area contributed by atoms with Crippen LogP contribution in [0, 0.1) is 0 Å². The van der Waals surface area contributed by atoms with E-state index in [-0.39, 0.29) is 18.0 Å². The second kappa shape index (κ2) is 6.27. The number of benzene rings is 2. The molecule has 6 rings (SSSR count). The number of aryl methyl sites for hydroxylation is 4. The molecule has 0 radical (unpaired) electrons. The molecule has 22 heavy (non-hydrogen) atoms. The van der Waals surface area contributed by atoms with Crippen LogP contribution in [0.25, 0.3) is 0 Å². The molecule has 0 saturated heterocycles. The summed E-state index contributed by atoms with van der Waals surface area (Å²) in [6.07, 6.45) is 3.64. The van der Waals surface area contributed by atoms with Crippen LogP contribution in [0.5, 0.6) is 0 Å². The van der Waals surface area contributed by atoms with E-state index in [1.54, 1.807) is 0 Å². The monoisotopic (exact) mass is 292 g/mol. The van der Waals surface area contributed by atoms with Crippen molar-refractivity contribution >= 4 is 11.6 Å². The topological polar surface area (TPSA) is 34.1 Å². The maximum atomic E-state index is 12.4. The zero-order chi connectivity index (χ0) is 15.5. The molecule has 0 amide bonds. The summed E-state index contributed by atoms with van der Waals surface area (Å²) in [4.78, 5) is 23.7. The van der Waals surface area contributed by atoms with E-state index in [1.165, 1.54) is 23.6 Å². The summed E-state index contributed by atoms with van der Waals surface area (Å²) in [6.45, 7) is 1.47. The van der Waals surface area contributed by atoms with E-state index in [2.05, 4.69) is 36.4 Å². The van der Waals surface area contributed by atoms with Gasteiger partial charge in [-0.25, -0.2) is 0 Å². The van der Waals surface area contributed by atoms with Crippen LogP contribution >= 0.6 is 0 Å². The maximum Gasteiger partial charge on any atom is 0.170 e. The van der Waals surface area contributed by atoms with Crippen molar-refractivity contribution in [3.8, 4) is 0 Å². The Bertz CT molecular complexity index is 711. The van der Waals surface area contributed by atoms with Crippen LogP contribution in [0.3, 0.4) is 0 Å². The Morgan fingerprint density at radius 1 is 0.818 bits per heavy atom. The first-order chi connectivity index (χ1) is 10.6. The SMILES string of the molecule is CC(=O)CC(=O)c1cc2ccc1CCc1ccc(cc1)CC2. The Morgan fingerprint density at radius 2 is 1.36 bits per heavy atom. The van der Waals surface area contributed by atoms with Gasteiger partial charge in [0.25, 0.3) is 0 Å². The van der Waals surface area contributed by atoms with E-state index in [9.17, 15) is 9.59 Å². The Morgan fingerprint density at radius 3 is 2.00 bits per heavy atom. The van der Waals surface area contributed by atoms with E-state index in [1.807, 2.05) is 6.07 Å². The van der Waals surface area contributed by atoms with Crippen LogP contribution < -0.4 is 0 Å². The molecule has 2 heteroatoms. The van der Waals surface area contributed by atoms with E-state index >= 15 is 0 Å². The summed E-state index contributed by atoms with van der Waals surface area (Å²) >= 11 is 0. The third kappa shape index (κ3) is 3.33. The average molecular weight is 292 g/mol. The molecule has 0 aromatic heterocycles. The van der Waals surface area contributed by atoms with Crippen molar-refractivity contribution in [2.75, 3.05) is 0 Å². The maximum absolute atomic E-state index is 12.4. The van der Waals surface area contributed by atoms with Gasteiger partial charge < -0.3 is 0 Å². The second-order valence-corrected chi connectivity index (χ2v) is 6.11. The van der Waals surface area contributed by atoms with Crippen molar-refractivity contribution in [3.63, 3.8) is 0 Å². The first-order valence-corrected chi connectivity index (χ1v) is 7.84. The van der Waals surface area contributed by atoms with Crippen molar-refractivity contribution in [2.24, 2.45) is 0 Å². The molecule has 4 aliphatic carbocycles. The molecule has 2 aromatic rings. The van der Waals surface area contributed by atoms with Crippen molar-refractivity contribution in [1.82, 2.24) is 0 Å². The second-order valence-electron chi connectivity index (χ2n) is 6.11. The fourth-order valence-electron chi connectivity index (χ4n) is 3.02. The van der Waals surface area contributed by atoms with Crippen molar-refractivity contribution in [2.45, 2.75) is 39.0 Å². The summed E-state index contributed by atoms with van der Waals surface area (Å²) in [6, 6.07) is 14.9. The first kappa shape index (κ1) is 14.7. The zero-order valence-corrected chi connectivity index (χ0v) is 12.9. The Balaban J connectivity index is 1.97. The van der Waals surface area contributed by atoms with Crippen LogP contribution in [0.15, 0.2) is 42.5 Å². The molecule has 4 bridgehead atoms. The van der Waals surface area contributed by atoms with Gasteiger partial charge in [-0.05, 0) is 60.9 Å². The molecule has 0 aliphatic heterocycles. The highest BCUT2D eigenvalue weighted by Gasteiger charge is 2.15. The van der Waals surface area contributed by atoms with Gasteiger partial charge in [0.2, 0.25) is 0 Å². The zero-order valence-electron chi connectivity index (χ0n) is 12.9. The molecule has 0 fully saturated rings. The highest BCUT2D eigenvalue weighted by molar-refractivity contribution is 6.08. The van der Waals surface area contributed by atoms with Gasteiger partial charge in [-0.1, -0.05) is 36.4 Å². The molecule has 0 spiro atoms. The highest BCUT2D eigenvalue weighted by Crippen LogP contribution is 2.20. The quantitative estimate of drug-likeness (QED) is 0.638. The van der Waals surface area contributed by atoms with Crippen LogP contribution in [0.2, 0.25) is 0 Å². The number of hydrogen-bond donors (Lipinski definition) is 0. The molecule has 0 N–H and O–H groups in total. The van der Waals surface area contributed by atoms with Crippen LogP contribution in [-0.4, -0.2) is 11.6 Å². The van der Waals surface area contributed by atoms with Crippen LogP contribution in [0.1, 0.15) is 46.0 Å². The molecule has 0 atom stereocenters. The largest absolute Gasteiger partial charge is 0.300 e. The Hall–Kier alpha value is -2.22. The van der Waals surface area contributed by atoms with E-state index in [0.29, 0.717) is 0 Å². The molecule has 112 valence electrons. The normalized spacial score (nSPS) is 13.5. The Labute approximate surface area is 131 Å². The molecule has 2 aromatic carbocycles. The lowest BCUT2D eigenvalue weighted by Gasteiger charge is -2.13. The molecular weight excluding hydrogens is 272 g/mol. The van der Waals surface area contributed by atoms with Gasteiger partial charge in [-0.3, -0.25) is 9.59 Å². The molecular formula is C20H20O2. The van der Waals surface area contributed by atoms with Crippen LogP contribution in [0.4, 0.5) is 0 Å². The predicted molar refractivity (Wildman–Crippen MR) is 87.3 cm³/mol. The number of carbonyl (C=O) groups is 2. The number of rotatable bonds is 3. The van der Waals surface area contributed by atoms with Crippen molar-refractivity contribution in [1.29, 1.82) is 0 Å². The first-order valence-electron chi connectivity index (χ1n) is 7.84. The van der Waals surface area contributed by atoms with Gasteiger partial charge in [0.15, 0.2) is 5.78 Å². The van der Waals surface area contributed by atoms with Gasteiger partial charge in [0.1, 0.15) is 5.78 Å². The third-order valence-electron chi connectivity index (χ3n) is 4.29. The van der Waals surface area contributed by atoms with Crippen molar-refractivity contribution in [3.05, 3.63) is 70.3 Å². The van der Waals surface area contributed by atoms with Crippen LogP contribution in [-0.2, 0) is 30.5 Å². The summed E-state index contributed by atoms with van der Waals surface area (Å²) in [7, 11) is 0. The summed E-state index contributed by atoms with van der Waals surface area (Å²) in [5.74, 6) is -0.118. The van der Waals surface area contributed by atoms with E-state index in [0.717, 1.165) is 36.8 Å². The number of ketones is 2. The molecule has 0 unspecified atom stereocenters.